The summed E-state index contributed by atoms with van der Waals surface area (Å²) in [6.07, 6.45) is 9.06. The minimum absolute atomic E-state index is 0.0925. The topological polar surface area (TPSA) is 35.5 Å². The van der Waals surface area contributed by atoms with E-state index in [2.05, 4.69) is 31.0 Å². The van der Waals surface area contributed by atoms with Crippen LogP contribution >= 0.6 is 0 Å². The van der Waals surface area contributed by atoms with Crippen LogP contribution < -0.4 is 5.32 Å². The zero-order chi connectivity index (χ0) is 14.1. The summed E-state index contributed by atoms with van der Waals surface area (Å²) in [7, 11) is 0. The SMILES string of the molecule is CCCC1CCCCN1CCCC(C)(CO)NCC. The highest BCUT2D eigenvalue weighted by molar-refractivity contribution is 4.83. The number of nitrogens with zero attached hydrogens (tertiary/aromatic N) is 1. The Kier molecular flexibility index (Phi) is 7.96. The first-order chi connectivity index (χ1) is 9.15. The minimum Gasteiger partial charge on any atom is -0.394 e. The van der Waals surface area contributed by atoms with Crippen molar-refractivity contribution in [1.82, 2.24) is 10.2 Å². The average molecular weight is 270 g/mol. The monoisotopic (exact) mass is 270 g/mol. The molecular formula is C16H34N2O. The molecule has 2 unspecified atom stereocenters. The molecule has 0 radical (unpaired) electrons. The summed E-state index contributed by atoms with van der Waals surface area (Å²) in [4.78, 5) is 2.69. The molecule has 114 valence electrons. The molecule has 0 aromatic carbocycles. The number of nitrogens with one attached hydrogen (secondary N) is 1. The van der Waals surface area contributed by atoms with E-state index >= 15 is 0 Å². The van der Waals surface area contributed by atoms with Crippen molar-refractivity contribution in [2.24, 2.45) is 0 Å². The van der Waals surface area contributed by atoms with E-state index in [9.17, 15) is 5.11 Å². The number of hydrogen-bond acceptors (Lipinski definition) is 3. The Hall–Kier alpha value is -0.120. The van der Waals surface area contributed by atoms with Gasteiger partial charge in [-0.2, -0.15) is 0 Å². The van der Waals surface area contributed by atoms with Gasteiger partial charge in [-0.25, -0.2) is 0 Å². The predicted molar refractivity (Wildman–Crippen MR) is 82.5 cm³/mol. The Balaban J connectivity index is 2.33. The fourth-order valence-electron chi connectivity index (χ4n) is 3.34. The molecule has 0 bridgehead atoms. The number of rotatable bonds is 9. The van der Waals surface area contributed by atoms with E-state index in [1.165, 1.54) is 51.6 Å². The van der Waals surface area contributed by atoms with Gasteiger partial charge in [0.15, 0.2) is 0 Å². The molecule has 0 aliphatic carbocycles. The maximum atomic E-state index is 9.51. The van der Waals surface area contributed by atoms with Crippen LogP contribution in [0.3, 0.4) is 0 Å². The van der Waals surface area contributed by atoms with E-state index < -0.39 is 0 Å². The van der Waals surface area contributed by atoms with Gasteiger partial charge in [0.25, 0.3) is 0 Å². The lowest BCUT2D eigenvalue weighted by molar-refractivity contribution is 0.121. The standard InChI is InChI=1S/C16H34N2O/c1-4-9-15-10-6-7-12-18(15)13-8-11-16(3,14-19)17-5-2/h15,17,19H,4-14H2,1-3H3. The molecule has 1 heterocycles. The molecule has 2 atom stereocenters. The quantitative estimate of drug-likeness (QED) is 0.676. The lowest BCUT2D eigenvalue weighted by Crippen LogP contribution is -2.46. The molecule has 0 amide bonds. The second kappa shape index (κ2) is 8.93. The highest BCUT2D eigenvalue weighted by atomic mass is 16.3. The molecule has 3 heteroatoms. The van der Waals surface area contributed by atoms with Crippen LogP contribution in [0.25, 0.3) is 0 Å². The van der Waals surface area contributed by atoms with Gasteiger partial charge >= 0.3 is 0 Å². The van der Waals surface area contributed by atoms with Crippen molar-refractivity contribution in [2.45, 2.75) is 77.3 Å². The Morgan fingerprint density at radius 1 is 1.32 bits per heavy atom. The first kappa shape index (κ1) is 16.9. The number of aliphatic hydroxyl groups is 1. The maximum Gasteiger partial charge on any atom is 0.0610 e. The van der Waals surface area contributed by atoms with Gasteiger partial charge < -0.3 is 15.3 Å². The third kappa shape index (κ3) is 5.80. The highest BCUT2D eigenvalue weighted by Gasteiger charge is 2.24. The normalized spacial score (nSPS) is 24.3. The van der Waals surface area contributed by atoms with Crippen LogP contribution in [0.2, 0.25) is 0 Å². The van der Waals surface area contributed by atoms with Crippen molar-refractivity contribution in [3.63, 3.8) is 0 Å². The average Bonchev–Trinajstić information content (AvgIpc) is 2.41. The van der Waals surface area contributed by atoms with E-state index in [0.29, 0.717) is 0 Å². The van der Waals surface area contributed by atoms with Crippen LogP contribution in [-0.2, 0) is 0 Å². The molecule has 2 N–H and O–H groups in total. The van der Waals surface area contributed by atoms with Crippen LogP contribution in [0.5, 0.6) is 0 Å². The van der Waals surface area contributed by atoms with Crippen molar-refractivity contribution < 1.29 is 5.11 Å². The summed E-state index contributed by atoms with van der Waals surface area (Å²) in [6, 6.07) is 0.818. The van der Waals surface area contributed by atoms with Crippen LogP contribution in [0.15, 0.2) is 0 Å². The summed E-state index contributed by atoms with van der Waals surface area (Å²) >= 11 is 0. The smallest absolute Gasteiger partial charge is 0.0610 e. The summed E-state index contributed by atoms with van der Waals surface area (Å²) in [5, 5.41) is 12.9. The van der Waals surface area contributed by atoms with Gasteiger partial charge in [0.1, 0.15) is 0 Å². The van der Waals surface area contributed by atoms with Crippen LogP contribution in [0.4, 0.5) is 0 Å². The van der Waals surface area contributed by atoms with Crippen molar-refractivity contribution in [3.05, 3.63) is 0 Å². The summed E-state index contributed by atoms with van der Waals surface area (Å²) in [5.74, 6) is 0. The van der Waals surface area contributed by atoms with Gasteiger partial charge in [-0.05, 0) is 58.7 Å². The highest BCUT2D eigenvalue weighted by Crippen LogP contribution is 2.22. The number of likely N-dealkylation sites (N-methyl/N-ethyl adjacent to an activating group) is 1. The lowest BCUT2D eigenvalue weighted by Gasteiger charge is -2.37. The molecule has 0 aromatic heterocycles. The van der Waals surface area contributed by atoms with Crippen LogP contribution in [0, 0.1) is 0 Å². The third-order valence-electron chi connectivity index (χ3n) is 4.50. The molecule has 1 rings (SSSR count). The third-order valence-corrected chi connectivity index (χ3v) is 4.50. The zero-order valence-corrected chi connectivity index (χ0v) is 13.2. The second-order valence-corrected chi connectivity index (χ2v) is 6.33. The number of hydrogen-bond donors (Lipinski definition) is 2. The molecule has 1 aliphatic rings. The van der Waals surface area contributed by atoms with E-state index in [1.807, 2.05) is 0 Å². The lowest BCUT2D eigenvalue weighted by atomic mass is 9.94. The molecule has 0 saturated carbocycles. The van der Waals surface area contributed by atoms with Crippen molar-refractivity contribution in [2.75, 3.05) is 26.2 Å². The van der Waals surface area contributed by atoms with Gasteiger partial charge in [0, 0.05) is 11.6 Å². The molecule has 1 fully saturated rings. The fourth-order valence-corrected chi connectivity index (χ4v) is 3.34. The number of piperidine rings is 1. The first-order valence-corrected chi connectivity index (χ1v) is 8.25. The molecule has 0 spiro atoms. The van der Waals surface area contributed by atoms with Crippen LogP contribution in [0.1, 0.15) is 65.7 Å². The maximum absolute atomic E-state index is 9.51. The van der Waals surface area contributed by atoms with Crippen molar-refractivity contribution in [1.29, 1.82) is 0 Å². The molecular weight excluding hydrogens is 236 g/mol. The molecule has 3 nitrogen and oxygen atoms in total. The van der Waals surface area contributed by atoms with Gasteiger partial charge in [-0.3, -0.25) is 0 Å². The number of aliphatic hydroxyl groups excluding tert-OH is 1. The largest absolute Gasteiger partial charge is 0.394 e. The van der Waals surface area contributed by atoms with E-state index in [0.717, 1.165) is 19.0 Å². The van der Waals surface area contributed by atoms with Gasteiger partial charge in [-0.15, -0.1) is 0 Å². The van der Waals surface area contributed by atoms with E-state index in [-0.39, 0.29) is 12.1 Å². The summed E-state index contributed by atoms with van der Waals surface area (Å²) < 4.78 is 0. The molecule has 1 saturated heterocycles. The summed E-state index contributed by atoms with van der Waals surface area (Å²) in [6.45, 7) is 10.2. The summed E-state index contributed by atoms with van der Waals surface area (Å²) in [5.41, 5.74) is -0.0925. The fraction of sp³-hybridized carbons (Fsp3) is 1.00. The Labute approximate surface area is 119 Å². The Morgan fingerprint density at radius 3 is 2.74 bits per heavy atom. The zero-order valence-electron chi connectivity index (χ0n) is 13.2. The van der Waals surface area contributed by atoms with E-state index in [1.54, 1.807) is 0 Å². The molecule has 0 aromatic rings. The minimum atomic E-state index is -0.0925. The predicted octanol–water partition coefficient (Wildman–Crippen LogP) is 2.78. The van der Waals surface area contributed by atoms with Gasteiger partial charge in [0.05, 0.1) is 6.61 Å². The van der Waals surface area contributed by atoms with Gasteiger partial charge in [0.2, 0.25) is 0 Å². The molecule has 1 aliphatic heterocycles. The number of likely N-dealkylation sites (tertiary alicyclic amines) is 1. The van der Waals surface area contributed by atoms with E-state index in [4.69, 9.17) is 0 Å². The first-order valence-electron chi connectivity index (χ1n) is 8.25. The van der Waals surface area contributed by atoms with Crippen molar-refractivity contribution >= 4 is 0 Å². The Morgan fingerprint density at radius 2 is 2.11 bits per heavy atom. The molecule has 19 heavy (non-hydrogen) atoms. The Bertz CT molecular complexity index is 233. The second-order valence-electron chi connectivity index (χ2n) is 6.33. The van der Waals surface area contributed by atoms with Gasteiger partial charge in [-0.1, -0.05) is 26.7 Å². The van der Waals surface area contributed by atoms with Crippen LogP contribution in [-0.4, -0.2) is 47.8 Å². The van der Waals surface area contributed by atoms with Crippen molar-refractivity contribution in [3.8, 4) is 0 Å².